The summed E-state index contributed by atoms with van der Waals surface area (Å²) in [6.45, 7) is 0. The van der Waals surface area contributed by atoms with Crippen molar-refractivity contribution in [3.8, 4) is 0 Å². The van der Waals surface area contributed by atoms with Gasteiger partial charge in [-0.25, -0.2) is 8.78 Å². The van der Waals surface area contributed by atoms with Crippen LogP contribution in [0.5, 0.6) is 0 Å². The second-order valence-corrected chi connectivity index (χ2v) is 8.62. The number of hydrogen-bond donors (Lipinski definition) is 0. The largest absolute Gasteiger partial charge is 0.274 e. The van der Waals surface area contributed by atoms with Gasteiger partial charge in [0, 0.05) is 11.8 Å². The standard InChI is InChI=1S/C24H16F2N2O4/c25-11-1-5-13(6-2-11)27-21(29)17-15-9-10-16(18(17)22(27)30)20-19(15)23(31)28(24(20)32)14-7-3-12(26)4-8-14/h1-10,15-20H/t15?,16?,17-,18-,19-,20-/m1/s1. The van der Waals surface area contributed by atoms with Gasteiger partial charge in [0.1, 0.15) is 11.6 Å². The average molecular weight is 434 g/mol. The van der Waals surface area contributed by atoms with Crippen LogP contribution in [0.3, 0.4) is 0 Å². The minimum atomic E-state index is -0.756. The molecule has 4 amide bonds. The summed E-state index contributed by atoms with van der Waals surface area (Å²) >= 11 is 0. The van der Waals surface area contributed by atoms with Crippen LogP contribution in [0.15, 0.2) is 60.7 Å². The Labute approximate surface area is 181 Å². The topological polar surface area (TPSA) is 74.8 Å². The number of carbonyl (C=O) groups excluding carboxylic acids is 4. The summed E-state index contributed by atoms with van der Waals surface area (Å²) in [5.74, 6) is -6.95. The van der Waals surface area contributed by atoms with Crippen LogP contribution in [0.4, 0.5) is 20.2 Å². The summed E-state index contributed by atoms with van der Waals surface area (Å²) in [5, 5.41) is 0. The van der Waals surface area contributed by atoms with E-state index >= 15 is 0 Å². The van der Waals surface area contributed by atoms with E-state index in [0.29, 0.717) is 0 Å². The fraction of sp³-hybridized carbons (Fsp3) is 0.250. The third-order valence-corrected chi connectivity index (χ3v) is 7.18. The highest BCUT2D eigenvalue weighted by Crippen LogP contribution is 2.58. The van der Waals surface area contributed by atoms with Crippen LogP contribution in [0, 0.1) is 47.1 Å². The molecule has 3 fully saturated rings. The molecule has 160 valence electrons. The van der Waals surface area contributed by atoms with Crippen molar-refractivity contribution < 1.29 is 28.0 Å². The highest BCUT2D eigenvalue weighted by molar-refractivity contribution is 6.26. The number of halogens is 2. The van der Waals surface area contributed by atoms with Crippen LogP contribution in [0.1, 0.15) is 0 Å². The lowest BCUT2D eigenvalue weighted by molar-refractivity contribution is -0.137. The van der Waals surface area contributed by atoms with Gasteiger partial charge in [-0.2, -0.15) is 0 Å². The van der Waals surface area contributed by atoms with E-state index in [0.717, 1.165) is 9.80 Å². The number of amides is 4. The number of benzene rings is 2. The molecule has 1 saturated carbocycles. The van der Waals surface area contributed by atoms with Gasteiger partial charge >= 0.3 is 0 Å². The van der Waals surface area contributed by atoms with Crippen molar-refractivity contribution in [2.24, 2.45) is 35.5 Å². The fourth-order valence-electron chi connectivity index (χ4n) is 5.92. The van der Waals surface area contributed by atoms with Gasteiger partial charge < -0.3 is 0 Å². The molecule has 3 aliphatic carbocycles. The molecular formula is C24H16F2N2O4. The zero-order valence-electron chi connectivity index (χ0n) is 16.5. The number of nitrogens with zero attached hydrogens (tertiary/aromatic N) is 2. The summed E-state index contributed by atoms with van der Waals surface area (Å²) < 4.78 is 26.7. The van der Waals surface area contributed by atoms with E-state index in [9.17, 15) is 28.0 Å². The van der Waals surface area contributed by atoms with Crippen LogP contribution in [0.2, 0.25) is 0 Å². The highest BCUT2D eigenvalue weighted by atomic mass is 19.1. The molecule has 2 aliphatic heterocycles. The normalized spacial score (nSPS) is 32.7. The van der Waals surface area contributed by atoms with Gasteiger partial charge in [-0.15, -0.1) is 0 Å². The van der Waals surface area contributed by atoms with E-state index < -0.39 is 70.8 Å². The lowest BCUT2D eigenvalue weighted by atomic mass is 9.54. The number of rotatable bonds is 2. The first-order chi connectivity index (χ1) is 15.4. The lowest BCUT2D eigenvalue weighted by Gasteiger charge is -2.44. The molecule has 2 saturated heterocycles. The summed E-state index contributed by atoms with van der Waals surface area (Å²) in [6.07, 6.45) is 3.54. The van der Waals surface area contributed by atoms with E-state index in [4.69, 9.17) is 0 Å². The lowest BCUT2D eigenvalue weighted by Crippen LogP contribution is -2.50. The Morgan fingerprint density at radius 1 is 0.500 bits per heavy atom. The molecule has 7 rings (SSSR count). The third kappa shape index (κ3) is 2.32. The molecule has 5 aliphatic rings. The van der Waals surface area contributed by atoms with Gasteiger partial charge in [0.15, 0.2) is 0 Å². The maximum Gasteiger partial charge on any atom is 0.238 e. The Balaban J connectivity index is 1.39. The summed E-state index contributed by atoms with van der Waals surface area (Å²) in [7, 11) is 0. The predicted octanol–water partition coefficient (Wildman–Crippen LogP) is 2.69. The first kappa shape index (κ1) is 19.0. The molecule has 0 spiro atoms. The number of allylic oxidation sites excluding steroid dienone is 2. The molecule has 6 nitrogen and oxygen atoms in total. The van der Waals surface area contributed by atoms with Gasteiger partial charge in [0.25, 0.3) is 0 Å². The Morgan fingerprint density at radius 3 is 1.06 bits per heavy atom. The Bertz CT molecular complexity index is 1080. The van der Waals surface area contributed by atoms with Crippen LogP contribution in [-0.2, 0) is 19.2 Å². The second-order valence-electron chi connectivity index (χ2n) is 8.62. The summed E-state index contributed by atoms with van der Waals surface area (Å²) in [5.41, 5.74) is 0.539. The first-order valence-electron chi connectivity index (χ1n) is 10.3. The summed E-state index contributed by atoms with van der Waals surface area (Å²) in [4.78, 5) is 55.4. The van der Waals surface area contributed by atoms with Crippen molar-refractivity contribution >= 4 is 35.0 Å². The molecule has 2 bridgehead atoms. The first-order valence-corrected chi connectivity index (χ1v) is 10.3. The number of carbonyl (C=O) groups is 4. The maximum atomic E-state index is 13.3. The van der Waals surface area contributed by atoms with E-state index in [1.807, 2.05) is 0 Å². The van der Waals surface area contributed by atoms with Crippen molar-refractivity contribution in [1.29, 1.82) is 0 Å². The SMILES string of the molecule is O=C1[C@@H]2C3C=CC([C@H]2C(=O)N1c1ccc(F)cc1)[C@H]1C(=O)N(c2ccc(F)cc2)C(=O)[C@H]31. The molecule has 2 aromatic rings. The molecule has 8 heteroatoms. The second kappa shape index (κ2) is 6.41. The van der Waals surface area contributed by atoms with E-state index in [-0.39, 0.29) is 11.4 Å². The Morgan fingerprint density at radius 2 is 0.781 bits per heavy atom. The van der Waals surface area contributed by atoms with E-state index in [1.165, 1.54) is 48.5 Å². The zero-order valence-corrected chi connectivity index (χ0v) is 16.5. The molecule has 2 aromatic carbocycles. The minimum absolute atomic E-state index is 0.269. The average Bonchev–Trinajstić information content (AvgIpc) is 3.23. The van der Waals surface area contributed by atoms with Gasteiger partial charge in [0.2, 0.25) is 23.6 Å². The Kier molecular flexibility index (Phi) is 3.82. The maximum absolute atomic E-state index is 13.3. The smallest absolute Gasteiger partial charge is 0.238 e. The van der Waals surface area contributed by atoms with Crippen LogP contribution >= 0.6 is 0 Å². The summed E-state index contributed by atoms with van der Waals surface area (Å²) in [6, 6.07) is 10.2. The molecule has 0 radical (unpaired) electrons. The van der Waals surface area contributed by atoms with Crippen molar-refractivity contribution in [2.45, 2.75) is 0 Å². The number of hydrogen-bond acceptors (Lipinski definition) is 4. The van der Waals surface area contributed by atoms with Gasteiger partial charge in [0.05, 0.1) is 35.0 Å². The molecule has 0 unspecified atom stereocenters. The number of anilines is 2. The molecule has 0 N–H and O–H groups in total. The fourth-order valence-corrected chi connectivity index (χ4v) is 5.92. The van der Waals surface area contributed by atoms with Crippen molar-refractivity contribution in [3.63, 3.8) is 0 Å². The van der Waals surface area contributed by atoms with Crippen molar-refractivity contribution in [2.75, 3.05) is 9.80 Å². The molecule has 0 aromatic heterocycles. The molecule has 4 atom stereocenters. The van der Waals surface area contributed by atoms with Gasteiger partial charge in [-0.05, 0) is 48.5 Å². The molecule has 32 heavy (non-hydrogen) atoms. The van der Waals surface area contributed by atoms with Crippen LogP contribution in [-0.4, -0.2) is 23.6 Å². The van der Waals surface area contributed by atoms with Gasteiger partial charge in [-0.1, -0.05) is 12.2 Å². The predicted molar refractivity (Wildman–Crippen MR) is 108 cm³/mol. The van der Waals surface area contributed by atoms with Crippen LogP contribution < -0.4 is 9.80 Å². The number of imide groups is 2. The van der Waals surface area contributed by atoms with Crippen molar-refractivity contribution in [1.82, 2.24) is 0 Å². The molecular weight excluding hydrogens is 418 g/mol. The third-order valence-electron chi connectivity index (χ3n) is 7.18. The highest BCUT2D eigenvalue weighted by Gasteiger charge is 2.68. The zero-order chi connectivity index (χ0) is 22.3. The minimum Gasteiger partial charge on any atom is -0.274 e. The van der Waals surface area contributed by atoms with Crippen molar-refractivity contribution in [3.05, 3.63) is 72.3 Å². The molecule has 2 heterocycles. The van der Waals surface area contributed by atoms with E-state index in [2.05, 4.69) is 0 Å². The quantitative estimate of drug-likeness (QED) is 0.538. The monoisotopic (exact) mass is 434 g/mol. The van der Waals surface area contributed by atoms with Gasteiger partial charge in [-0.3, -0.25) is 29.0 Å². The van der Waals surface area contributed by atoms with E-state index in [1.54, 1.807) is 12.2 Å². The van der Waals surface area contributed by atoms with Crippen LogP contribution in [0.25, 0.3) is 0 Å². The Hall–Kier alpha value is -3.68.